The third-order valence-electron chi connectivity index (χ3n) is 3.13. The van der Waals surface area contributed by atoms with Crippen molar-refractivity contribution in [3.8, 4) is 5.75 Å². The van der Waals surface area contributed by atoms with Gasteiger partial charge in [-0.15, -0.1) is 0 Å². The van der Waals surface area contributed by atoms with Crippen molar-refractivity contribution >= 4 is 33.2 Å². The second kappa shape index (κ2) is 5.61. The van der Waals surface area contributed by atoms with Gasteiger partial charge < -0.3 is 15.2 Å². The second-order valence-corrected chi connectivity index (χ2v) is 5.53. The fourth-order valence-electron chi connectivity index (χ4n) is 2.17. The van der Waals surface area contributed by atoms with Crippen molar-refractivity contribution < 1.29 is 14.6 Å². The van der Waals surface area contributed by atoms with E-state index >= 15 is 0 Å². The minimum Gasteiger partial charge on any atom is -0.508 e. The molecule has 0 radical (unpaired) electrons. The number of rotatable bonds is 3. The van der Waals surface area contributed by atoms with Gasteiger partial charge in [-0.05, 0) is 29.8 Å². The number of phenols is 1. The summed E-state index contributed by atoms with van der Waals surface area (Å²) in [5.74, 6) is -0.184. The van der Waals surface area contributed by atoms with Crippen molar-refractivity contribution in [1.82, 2.24) is 0 Å². The zero-order valence-electron chi connectivity index (χ0n) is 11.0. The van der Waals surface area contributed by atoms with E-state index in [0.717, 1.165) is 10.0 Å². The van der Waals surface area contributed by atoms with Gasteiger partial charge in [0.05, 0.1) is 11.3 Å². The zero-order chi connectivity index (χ0) is 14.8. The number of cyclic esters (lactones) is 1. The predicted molar refractivity (Wildman–Crippen MR) is 83.8 cm³/mol. The van der Waals surface area contributed by atoms with Gasteiger partial charge in [-0.1, -0.05) is 34.1 Å². The molecular formula is C16H12BrNO3. The minimum atomic E-state index is -0.347. The summed E-state index contributed by atoms with van der Waals surface area (Å²) in [6.45, 7) is 0.194. The monoisotopic (exact) mass is 345 g/mol. The zero-order valence-corrected chi connectivity index (χ0v) is 12.6. The van der Waals surface area contributed by atoms with E-state index in [1.165, 1.54) is 0 Å². The number of anilines is 1. The number of benzene rings is 2. The lowest BCUT2D eigenvalue weighted by molar-refractivity contribution is -0.134. The lowest BCUT2D eigenvalue weighted by Crippen LogP contribution is -2.03. The molecular weight excluding hydrogens is 334 g/mol. The molecule has 0 amide bonds. The van der Waals surface area contributed by atoms with Crippen molar-refractivity contribution in [2.75, 3.05) is 11.9 Å². The molecule has 1 aliphatic rings. The lowest BCUT2D eigenvalue weighted by atomic mass is 10.1. The van der Waals surface area contributed by atoms with E-state index in [-0.39, 0.29) is 18.3 Å². The van der Waals surface area contributed by atoms with E-state index in [1.807, 2.05) is 30.3 Å². The number of carbonyl (C=O) groups excluding carboxylic acids is 1. The number of hydrogen-bond donors (Lipinski definition) is 2. The van der Waals surface area contributed by atoms with E-state index in [4.69, 9.17) is 4.74 Å². The Labute approximate surface area is 130 Å². The Hall–Kier alpha value is -2.27. The molecule has 0 saturated heterocycles. The van der Waals surface area contributed by atoms with Crippen LogP contribution in [0.2, 0.25) is 0 Å². The molecule has 2 N–H and O–H groups in total. The van der Waals surface area contributed by atoms with Gasteiger partial charge in [-0.3, -0.25) is 0 Å². The van der Waals surface area contributed by atoms with Crippen LogP contribution in [0.3, 0.4) is 0 Å². The van der Waals surface area contributed by atoms with Crippen molar-refractivity contribution in [1.29, 1.82) is 0 Å². The van der Waals surface area contributed by atoms with E-state index in [0.29, 0.717) is 17.0 Å². The molecule has 0 aliphatic carbocycles. The third kappa shape index (κ3) is 2.92. The molecule has 106 valence electrons. The molecule has 2 aromatic rings. The van der Waals surface area contributed by atoms with Gasteiger partial charge in [0.1, 0.15) is 12.4 Å². The topological polar surface area (TPSA) is 58.6 Å². The van der Waals surface area contributed by atoms with Gasteiger partial charge in [-0.2, -0.15) is 0 Å². The quantitative estimate of drug-likeness (QED) is 0.835. The molecule has 0 unspecified atom stereocenters. The first-order valence-corrected chi connectivity index (χ1v) is 7.15. The number of hydrogen-bond acceptors (Lipinski definition) is 4. The first kappa shape index (κ1) is 13.7. The summed E-state index contributed by atoms with van der Waals surface area (Å²) in [6, 6.07) is 14.2. The first-order valence-electron chi connectivity index (χ1n) is 6.36. The molecule has 0 bridgehead atoms. The highest BCUT2D eigenvalue weighted by molar-refractivity contribution is 9.10. The average Bonchev–Trinajstić information content (AvgIpc) is 2.81. The minimum absolute atomic E-state index is 0.163. The smallest absolute Gasteiger partial charge is 0.341 e. The van der Waals surface area contributed by atoms with Crippen molar-refractivity contribution in [2.24, 2.45) is 0 Å². The number of phenolic OH excluding ortho intramolecular Hbond substituents is 1. The van der Waals surface area contributed by atoms with Crippen LogP contribution < -0.4 is 5.32 Å². The molecule has 1 heterocycles. The Bertz CT molecular complexity index is 723. The van der Waals surface area contributed by atoms with E-state index in [1.54, 1.807) is 18.2 Å². The summed E-state index contributed by atoms with van der Waals surface area (Å²) in [5, 5.41) is 12.6. The maximum absolute atomic E-state index is 11.9. The molecule has 4 nitrogen and oxygen atoms in total. The maximum Gasteiger partial charge on any atom is 0.341 e. The summed E-state index contributed by atoms with van der Waals surface area (Å²) in [7, 11) is 0. The summed E-state index contributed by atoms with van der Waals surface area (Å²) in [5.41, 5.74) is 2.71. The summed E-state index contributed by atoms with van der Waals surface area (Å²) in [4.78, 5) is 11.9. The van der Waals surface area contributed by atoms with Crippen LogP contribution in [0.1, 0.15) is 5.56 Å². The highest BCUT2D eigenvalue weighted by Gasteiger charge is 2.26. The molecule has 1 aliphatic heterocycles. The van der Waals surface area contributed by atoms with Gasteiger partial charge in [0, 0.05) is 16.2 Å². The molecule has 0 spiro atoms. The van der Waals surface area contributed by atoms with Crippen LogP contribution in [-0.4, -0.2) is 17.7 Å². The van der Waals surface area contributed by atoms with Crippen LogP contribution >= 0.6 is 15.9 Å². The Morgan fingerprint density at radius 2 is 1.90 bits per heavy atom. The normalized spacial score (nSPS) is 14.2. The van der Waals surface area contributed by atoms with E-state index < -0.39 is 0 Å². The highest BCUT2D eigenvalue weighted by Crippen LogP contribution is 2.29. The van der Waals surface area contributed by atoms with Crippen molar-refractivity contribution in [3.05, 3.63) is 64.3 Å². The van der Waals surface area contributed by atoms with Gasteiger partial charge in [0.15, 0.2) is 0 Å². The fraction of sp³-hybridized carbons (Fsp3) is 0.0625. The Kier molecular flexibility index (Phi) is 3.66. The number of nitrogens with one attached hydrogen (secondary N) is 1. The average molecular weight is 346 g/mol. The third-order valence-corrected chi connectivity index (χ3v) is 3.66. The van der Waals surface area contributed by atoms with Gasteiger partial charge in [-0.25, -0.2) is 4.79 Å². The molecule has 0 saturated carbocycles. The Morgan fingerprint density at radius 3 is 2.62 bits per heavy atom. The van der Waals surface area contributed by atoms with Crippen LogP contribution in [0.15, 0.2) is 58.7 Å². The lowest BCUT2D eigenvalue weighted by Gasteiger charge is -2.08. The molecule has 21 heavy (non-hydrogen) atoms. The maximum atomic E-state index is 11.9. The standard InChI is InChI=1S/C16H12BrNO3/c17-11-6-4-10(5-7-11)15-14(9-21-16(15)20)18-12-2-1-3-13(19)8-12/h1-8,18-19H,9H2. The van der Waals surface area contributed by atoms with Crippen LogP contribution in [0.5, 0.6) is 5.75 Å². The number of carbonyl (C=O) groups is 1. The number of halogens is 1. The number of ether oxygens (including phenoxy) is 1. The molecule has 0 atom stereocenters. The van der Waals surface area contributed by atoms with Crippen LogP contribution in [0.25, 0.3) is 5.57 Å². The van der Waals surface area contributed by atoms with E-state index in [2.05, 4.69) is 21.2 Å². The van der Waals surface area contributed by atoms with Gasteiger partial charge in [0.2, 0.25) is 0 Å². The number of aromatic hydroxyl groups is 1. The summed E-state index contributed by atoms with van der Waals surface area (Å²) in [6.07, 6.45) is 0. The predicted octanol–water partition coefficient (Wildman–Crippen LogP) is 3.53. The largest absolute Gasteiger partial charge is 0.508 e. The van der Waals surface area contributed by atoms with Crippen LogP contribution in [-0.2, 0) is 9.53 Å². The SMILES string of the molecule is O=C1OCC(Nc2cccc(O)c2)=C1c1ccc(Br)cc1. The first-order chi connectivity index (χ1) is 10.1. The molecule has 0 fully saturated rings. The summed E-state index contributed by atoms with van der Waals surface area (Å²) >= 11 is 3.37. The Morgan fingerprint density at radius 1 is 1.14 bits per heavy atom. The van der Waals surface area contributed by atoms with E-state index in [9.17, 15) is 9.90 Å². The van der Waals surface area contributed by atoms with Crippen molar-refractivity contribution in [2.45, 2.75) is 0 Å². The van der Waals surface area contributed by atoms with Crippen LogP contribution in [0, 0.1) is 0 Å². The fourth-order valence-corrected chi connectivity index (χ4v) is 2.43. The second-order valence-electron chi connectivity index (χ2n) is 4.61. The molecule has 2 aromatic carbocycles. The highest BCUT2D eigenvalue weighted by atomic mass is 79.9. The summed E-state index contributed by atoms with van der Waals surface area (Å²) < 4.78 is 6.06. The number of esters is 1. The van der Waals surface area contributed by atoms with Crippen LogP contribution in [0.4, 0.5) is 5.69 Å². The van der Waals surface area contributed by atoms with Gasteiger partial charge in [0.25, 0.3) is 0 Å². The van der Waals surface area contributed by atoms with Gasteiger partial charge >= 0.3 is 5.97 Å². The molecule has 0 aromatic heterocycles. The van der Waals surface area contributed by atoms with Crippen molar-refractivity contribution in [3.63, 3.8) is 0 Å². The molecule has 3 rings (SSSR count). The Balaban J connectivity index is 1.97. The molecule has 5 heteroatoms.